The summed E-state index contributed by atoms with van der Waals surface area (Å²) in [4.78, 5) is 0. The van der Waals surface area contributed by atoms with Crippen LogP contribution in [-0.2, 0) is 9.47 Å². The third kappa shape index (κ3) is 3.71. The summed E-state index contributed by atoms with van der Waals surface area (Å²) in [6.45, 7) is -0.609. The van der Waals surface area contributed by atoms with E-state index in [9.17, 15) is 25.5 Å². The third-order valence-electron chi connectivity index (χ3n) is 4.13. The zero-order valence-corrected chi connectivity index (χ0v) is 12.2. The van der Waals surface area contributed by atoms with Crippen LogP contribution in [0.3, 0.4) is 0 Å². The van der Waals surface area contributed by atoms with Crippen LogP contribution in [0.5, 0.6) is 0 Å². The predicted molar refractivity (Wildman–Crippen MR) is 73.5 cm³/mol. The normalized spacial score (nSPS) is 47.3. The SMILES string of the molecule is N#CCC1C=C[C@@H](O)[C@H](O)[C@H]1O[C@@H]1O[C@H](CO)[C@@H](O)[C@H](O)[C@H]1O. The van der Waals surface area contributed by atoms with E-state index in [-0.39, 0.29) is 6.42 Å². The highest BCUT2D eigenvalue weighted by molar-refractivity contribution is 5.09. The van der Waals surface area contributed by atoms with Gasteiger partial charge < -0.3 is 40.1 Å². The molecule has 1 fully saturated rings. The number of aliphatic hydroxyl groups excluding tert-OH is 6. The van der Waals surface area contributed by atoms with Crippen molar-refractivity contribution >= 4 is 0 Å². The monoisotopic (exact) mass is 331 g/mol. The topological polar surface area (TPSA) is 164 Å². The van der Waals surface area contributed by atoms with Gasteiger partial charge in [-0.05, 0) is 0 Å². The molecule has 1 saturated heterocycles. The van der Waals surface area contributed by atoms with Crippen LogP contribution in [0.1, 0.15) is 6.42 Å². The van der Waals surface area contributed by atoms with Gasteiger partial charge in [0.2, 0.25) is 0 Å². The Balaban J connectivity index is 2.14. The minimum absolute atomic E-state index is 0.00235. The molecule has 0 spiro atoms. The smallest absolute Gasteiger partial charge is 0.187 e. The summed E-state index contributed by atoms with van der Waals surface area (Å²) in [6, 6.07) is 1.93. The molecule has 0 radical (unpaired) electrons. The van der Waals surface area contributed by atoms with E-state index in [0.717, 1.165) is 0 Å². The second-order valence-electron chi connectivity index (χ2n) is 5.69. The first-order chi connectivity index (χ1) is 10.9. The molecule has 130 valence electrons. The van der Waals surface area contributed by atoms with Crippen LogP contribution in [-0.4, -0.2) is 86.3 Å². The molecule has 23 heavy (non-hydrogen) atoms. The lowest BCUT2D eigenvalue weighted by Gasteiger charge is -2.43. The average Bonchev–Trinajstić information content (AvgIpc) is 2.54. The number of rotatable bonds is 4. The van der Waals surface area contributed by atoms with Crippen molar-refractivity contribution in [3.63, 3.8) is 0 Å². The van der Waals surface area contributed by atoms with Gasteiger partial charge >= 0.3 is 0 Å². The molecule has 0 aromatic heterocycles. The van der Waals surface area contributed by atoms with Crippen LogP contribution < -0.4 is 0 Å². The number of aliphatic hydroxyl groups is 6. The van der Waals surface area contributed by atoms with E-state index in [1.54, 1.807) is 0 Å². The van der Waals surface area contributed by atoms with Gasteiger partial charge in [0.25, 0.3) is 0 Å². The Morgan fingerprint density at radius 1 is 1.00 bits per heavy atom. The second-order valence-corrected chi connectivity index (χ2v) is 5.69. The Labute approximate surface area is 132 Å². The zero-order chi connectivity index (χ0) is 17.1. The predicted octanol–water partition coefficient (Wildman–Crippen LogP) is -3.01. The van der Waals surface area contributed by atoms with Crippen molar-refractivity contribution in [3.05, 3.63) is 12.2 Å². The lowest BCUT2D eigenvalue weighted by atomic mass is 9.86. The van der Waals surface area contributed by atoms with Crippen LogP contribution in [0.2, 0.25) is 0 Å². The Bertz CT molecular complexity index is 464. The van der Waals surface area contributed by atoms with Crippen LogP contribution in [0, 0.1) is 17.2 Å². The molecule has 1 aliphatic carbocycles. The third-order valence-corrected chi connectivity index (χ3v) is 4.13. The quantitative estimate of drug-likeness (QED) is 0.294. The van der Waals surface area contributed by atoms with E-state index in [0.29, 0.717) is 0 Å². The van der Waals surface area contributed by atoms with Crippen molar-refractivity contribution in [2.75, 3.05) is 6.61 Å². The van der Waals surface area contributed by atoms with Gasteiger partial charge in [0.1, 0.15) is 36.6 Å². The van der Waals surface area contributed by atoms with Gasteiger partial charge in [0, 0.05) is 12.3 Å². The molecule has 0 amide bonds. The van der Waals surface area contributed by atoms with E-state index >= 15 is 0 Å². The van der Waals surface area contributed by atoms with Crippen molar-refractivity contribution < 1.29 is 40.1 Å². The minimum atomic E-state index is -1.62. The first-order valence-electron chi connectivity index (χ1n) is 7.28. The summed E-state index contributed by atoms with van der Waals surface area (Å²) in [7, 11) is 0. The standard InChI is InChI=1S/C14H21NO8/c15-4-3-6-1-2-7(17)9(18)13(6)23-14-12(21)11(20)10(19)8(5-16)22-14/h1-2,6-14,16-21H,3,5H2/t6?,7-,8-,9+,10-,11+,12-,13+,14+/m1/s1. The Hall–Kier alpha value is -1.09. The molecule has 0 aromatic carbocycles. The number of nitriles is 1. The number of hydrogen-bond donors (Lipinski definition) is 6. The van der Waals surface area contributed by atoms with E-state index in [1.807, 2.05) is 6.07 Å². The largest absolute Gasteiger partial charge is 0.394 e. The molecule has 9 nitrogen and oxygen atoms in total. The summed E-state index contributed by atoms with van der Waals surface area (Å²) in [5.41, 5.74) is 0. The van der Waals surface area contributed by atoms with E-state index in [4.69, 9.17) is 19.8 Å². The number of ether oxygens (including phenoxy) is 2. The van der Waals surface area contributed by atoms with Gasteiger partial charge in [-0.25, -0.2) is 0 Å². The molecule has 0 aromatic rings. The highest BCUT2D eigenvalue weighted by atomic mass is 16.7. The molecule has 9 atom stereocenters. The fourth-order valence-corrected chi connectivity index (χ4v) is 2.73. The van der Waals surface area contributed by atoms with Gasteiger partial charge in [0.15, 0.2) is 6.29 Å². The highest BCUT2D eigenvalue weighted by Gasteiger charge is 2.47. The van der Waals surface area contributed by atoms with Crippen LogP contribution in [0.15, 0.2) is 12.2 Å². The molecule has 1 heterocycles. The fourth-order valence-electron chi connectivity index (χ4n) is 2.73. The van der Waals surface area contributed by atoms with E-state index in [1.165, 1.54) is 12.2 Å². The van der Waals surface area contributed by atoms with Crippen molar-refractivity contribution in [2.45, 2.75) is 55.4 Å². The second kappa shape index (κ2) is 7.65. The molecule has 2 aliphatic rings. The van der Waals surface area contributed by atoms with Gasteiger partial charge in [0.05, 0.1) is 18.8 Å². The summed E-state index contributed by atoms with van der Waals surface area (Å²) in [6.07, 6.45) is -8.09. The van der Waals surface area contributed by atoms with Crippen LogP contribution in [0.4, 0.5) is 0 Å². The molecule has 0 saturated carbocycles. The first-order valence-corrected chi connectivity index (χ1v) is 7.28. The van der Waals surface area contributed by atoms with Gasteiger partial charge in [-0.15, -0.1) is 0 Å². The molecule has 1 unspecified atom stereocenters. The van der Waals surface area contributed by atoms with Crippen LogP contribution in [0.25, 0.3) is 0 Å². The first kappa shape index (κ1) is 18.3. The molecular formula is C14H21NO8. The molecule has 1 aliphatic heterocycles. The van der Waals surface area contributed by atoms with Gasteiger partial charge in [-0.3, -0.25) is 0 Å². The van der Waals surface area contributed by atoms with Crippen molar-refractivity contribution in [1.29, 1.82) is 5.26 Å². The summed E-state index contributed by atoms with van der Waals surface area (Å²) < 4.78 is 10.7. The van der Waals surface area contributed by atoms with E-state index < -0.39 is 61.5 Å². The Morgan fingerprint density at radius 2 is 1.70 bits per heavy atom. The summed E-state index contributed by atoms with van der Waals surface area (Å²) in [5, 5.41) is 67.1. The molecule has 9 heteroatoms. The van der Waals surface area contributed by atoms with Crippen molar-refractivity contribution in [3.8, 4) is 6.07 Å². The Morgan fingerprint density at radius 3 is 2.30 bits per heavy atom. The van der Waals surface area contributed by atoms with Crippen molar-refractivity contribution in [1.82, 2.24) is 0 Å². The summed E-state index contributed by atoms with van der Waals surface area (Å²) >= 11 is 0. The zero-order valence-electron chi connectivity index (χ0n) is 12.2. The number of nitrogens with zero attached hydrogens (tertiary/aromatic N) is 1. The number of hydrogen-bond acceptors (Lipinski definition) is 9. The van der Waals surface area contributed by atoms with Crippen molar-refractivity contribution in [2.24, 2.45) is 5.92 Å². The molecule has 6 N–H and O–H groups in total. The van der Waals surface area contributed by atoms with E-state index in [2.05, 4.69) is 0 Å². The average molecular weight is 331 g/mol. The lowest BCUT2D eigenvalue weighted by molar-refractivity contribution is -0.322. The summed E-state index contributed by atoms with van der Waals surface area (Å²) in [5.74, 6) is -0.550. The molecular weight excluding hydrogens is 310 g/mol. The van der Waals surface area contributed by atoms with Crippen LogP contribution >= 0.6 is 0 Å². The maximum atomic E-state index is 10.1. The minimum Gasteiger partial charge on any atom is -0.394 e. The maximum absolute atomic E-state index is 10.1. The maximum Gasteiger partial charge on any atom is 0.187 e. The Kier molecular flexibility index (Phi) is 6.07. The lowest BCUT2D eigenvalue weighted by Crippen LogP contribution is -2.61. The molecule has 0 bridgehead atoms. The van der Waals surface area contributed by atoms with Gasteiger partial charge in [-0.1, -0.05) is 12.2 Å². The van der Waals surface area contributed by atoms with Gasteiger partial charge in [-0.2, -0.15) is 5.26 Å². The molecule has 2 rings (SSSR count). The fraction of sp³-hybridized carbons (Fsp3) is 0.786. The highest BCUT2D eigenvalue weighted by Crippen LogP contribution is 2.30.